The molecule has 2 unspecified atom stereocenters. The highest BCUT2D eigenvalue weighted by Crippen LogP contribution is 2.50. The average Bonchev–Trinajstić information content (AvgIpc) is 3.29. The van der Waals surface area contributed by atoms with Crippen molar-refractivity contribution in [2.24, 2.45) is 13.0 Å². The molecular formula is C22H27ClN4O3S. The molecule has 1 N–H and O–H groups in total. The molecule has 0 spiro atoms. The Morgan fingerprint density at radius 1 is 1.29 bits per heavy atom. The number of amides is 1. The molecule has 1 aromatic carbocycles. The van der Waals surface area contributed by atoms with Crippen molar-refractivity contribution in [3.63, 3.8) is 0 Å². The SMILES string of the molecule is CCCCCS(=O)(=O)NC(=O)C1CC1c1c(C)nn(C)c1-n1ccc2cc(Cl)ccc21. The van der Waals surface area contributed by atoms with Gasteiger partial charge in [-0.1, -0.05) is 31.4 Å². The van der Waals surface area contributed by atoms with Crippen LogP contribution in [0.2, 0.25) is 5.02 Å². The molecule has 9 heteroatoms. The van der Waals surface area contributed by atoms with Gasteiger partial charge in [0.15, 0.2) is 0 Å². The third-order valence-electron chi connectivity index (χ3n) is 5.89. The molecule has 1 aliphatic carbocycles. The average molecular weight is 463 g/mol. The van der Waals surface area contributed by atoms with E-state index in [1.165, 1.54) is 0 Å². The van der Waals surface area contributed by atoms with Gasteiger partial charge in [-0.2, -0.15) is 5.10 Å². The van der Waals surface area contributed by atoms with Crippen LogP contribution in [0.3, 0.4) is 0 Å². The minimum Gasteiger partial charge on any atom is -0.301 e. The van der Waals surface area contributed by atoms with Gasteiger partial charge < -0.3 is 4.57 Å². The highest BCUT2D eigenvalue weighted by Gasteiger charge is 2.48. The zero-order chi connectivity index (χ0) is 22.3. The monoisotopic (exact) mass is 462 g/mol. The van der Waals surface area contributed by atoms with Gasteiger partial charge in [-0.3, -0.25) is 14.2 Å². The van der Waals surface area contributed by atoms with E-state index in [0.29, 0.717) is 17.9 Å². The van der Waals surface area contributed by atoms with Crippen molar-refractivity contribution in [3.8, 4) is 5.82 Å². The minimum atomic E-state index is -3.59. The summed E-state index contributed by atoms with van der Waals surface area (Å²) in [5.41, 5.74) is 2.83. The molecule has 166 valence electrons. The van der Waals surface area contributed by atoms with Gasteiger partial charge in [0.2, 0.25) is 15.9 Å². The Labute approximate surface area is 187 Å². The van der Waals surface area contributed by atoms with Crippen LogP contribution in [0.1, 0.15) is 49.8 Å². The van der Waals surface area contributed by atoms with Gasteiger partial charge in [0.1, 0.15) is 5.82 Å². The standard InChI is InChI=1S/C22H27ClN4O3S/c1-4-5-6-11-31(29,30)25-21(28)18-13-17(18)20-14(2)24-26(3)22(20)27-10-9-15-12-16(23)7-8-19(15)27/h7-10,12,17-18H,4-6,11,13H2,1-3H3,(H,25,28). The molecule has 1 fully saturated rings. The number of aryl methyl sites for hydroxylation is 2. The van der Waals surface area contributed by atoms with Gasteiger partial charge in [-0.25, -0.2) is 8.42 Å². The summed E-state index contributed by atoms with van der Waals surface area (Å²) in [5.74, 6) is 0.0397. The Hall–Kier alpha value is -2.32. The fourth-order valence-electron chi connectivity index (χ4n) is 4.31. The highest BCUT2D eigenvalue weighted by atomic mass is 35.5. The first-order valence-electron chi connectivity index (χ1n) is 10.6. The van der Waals surface area contributed by atoms with Crippen LogP contribution in [0.5, 0.6) is 0 Å². The van der Waals surface area contributed by atoms with E-state index in [1.807, 2.05) is 56.0 Å². The number of hydrogen-bond donors (Lipinski definition) is 1. The first-order valence-corrected chi connectivity index (χ1v) is 12.6. The molecule has 2 atom stereocenters. The van der Waals surface area contributed by atoms with Crippen molar-refractivity contribution in [2.45, 2.75) is 45.4 Å². The third kappa shape index (κ3) is 4.36. The number of carbonyl (C=O) groups is 1. The Kier molecular flexibility index (Phi) is 5.87. The van der Waals surface area contributed by atoms with Gasteiger partial charge in [-0.05, 0) is 44.0 Å². The number of rotatable bonds is 8. The number of nitrogens with zero attached hydrogens (tertiary/aromatic N) is 3. The summed E-state index contributed by atoms with van der Waals surface area (Å²) in [7, 11) is -1.71. The molecule has 0 saturated heterocycles. The molecule has 2 aromatic heterocycles. The Morgan fingerprint density at radius 3 is 2.81 bits per heavy atom. The zero-order valence-corrected chi connectivity index (χ0v) is 19.5. The predicted molar refractivity (Wildman–Crippen MR) is 122 cm³/mol. The first kappa shape index (κ1) is 21.9. The summed E-state index contributed by atoms with van der Waals surface area (Å²) in [4.78, 5) is 12.7. The van der Waals surface area contributed by atoms with Gasteiger partial charge in [0, 0.05) is 41.1 Å². The number of unbranched alkanes of at least 4 members (excludes halogenated alkanes) is 2. The van der Waals surface area contributed by atoms with Gasteiger partial charge in [0.05, 0.1) is 17.0 Å². The van der Waals surface area contributed by atoms with Crippen LogP contribution >= 0.6 is 11.6 Å². The summed E-state index contributed by atoms with van der Waals surface area (Å²) in [6.07, 6.45) is 4.90. The number of nitrogens with one attached hydrogen (secondary N) is 1. The predicted octanol–water partition coefficient (Wildman–Crippen LogP) is 4.07. The molecule has 0 aliphatic heterocycles. The van der Waals surface area contributed by atoms with Crippen LogP contribution in [-0.2, 0) is 21.9 Å². The second kappa shape index (κ2) is 8.31. The zero-order valence-electron chi connectivity index (χ0n) is 17.9. The lowest BCUT2D eigenvalue weighted by molar-refractivity contribution is -0.120. The molecule has 7 nitrogen and oxygen atoms in total. The fraction of sp³-hybridized carbons (Fsp3) is 0.455. The Bertz CT molecular complexity index is 1250. The smallest absolute Gasteiger partial charge is 0.237 e. The highest BCUT2D eigenvalue weighted by molar-refractivity contribution is 7.90. The lowest BCUT2D eigenvalue weighted by atomic mass is 10.1. The molecule has 4 rings (SSSR count). The largest absolute Gasteiger partial charge is 0.301 e. The lowest BCUT2D eigenvalue weighted by Crippen LogP contribution is -2.34. The molecule has 3 aromatic rings. The maximum absolute atomic E-state index is 12.7. The number of aromatic nitrogens is 3. The third-order valence-corrected chi connectivity index (χ3v) is 7.46. The fourth-order valence-corrected chi connectivity index (χ4v) is 5.63. The van der Waals surface area contributed by atoms with Crippen LogP contribution < -0.4 is 4.72 Å². The number of sulfonamides is 1. The molecule has 31 heavy (non-hydrogen) atoms. The molecule has 0 radical (unpaired) electrons. The molecule has 1 aliphatic rings. The van der Waals surface area contributed by atoms with Gasteiger partial charge in [0.25, 0.3) is 0 Å². The first-order chi connectivity index (χ1) is 14.7. The van der Waals surface area contributed by atoms with Crippen LogP contribution in [0.4, 0.5) is 0 Å². The van der Waals surface area contributed by atoms with E-state index < -0.39 is 15.9 Å². The summed E-state index contributed by atoms with van der Waals surface area (Å²) < 4.78 is 30.6. The summed E-state index contributed by atoms with van der Waals surface area (Å²) in [6.45, 7) is 3.94. The molecule has 1 saturated carbocycles. The van der Waals surface area contributed by atoms with E-state index in [9.17, 15) is 13.2 Å². The van der Waals surface area contributed by atoms with Crippen molar-refractivity contribution in [1.82, 2.24) is 19.1 Å². The van der Waals surface area contributed by atoms with Gasteiger partial charge >= 0.3 is 0 Å². The Balaban J connectivity index is 1.59. The van der Waals surface area contributed by atoms with Crippen molar-refractivity contribution in [3.05, 3.63) is 46.7 Å². The number of fused-ring (bicyclic) bond motifs is 1. The Morgan fingerprint density at radius 2 is 2.06 bits per heavy atom. The summed E-state index contributed by atoms with van der Waals surface area (Å²) in [6, 6.07) is 7.71. The van der Waals surface area contributed by atoms with Crippen LogP contribution in [-0.4, -0.2) is 34.4 Å². The van der Waals surface area contributed by atoms with E-state index in [0.717, 1.165) is 40.8 Å². The van der Waals surface area contributed by atoms with Crippen LogP contribution in [0.15, 0.2) is 30.5 Å². The number of benzene rings is 1. The number of halogens is 1. The molecule has 2 heterocycles. The van der Waals surface area contributed by atoms with E-state index in [4.69, 9.17) is 11.6 Å². The topological polar surface area (TPSA) is 86.0 Å². The quantitative estimate of drug-likeness (QED) is 0.511. The second-order valence-corrected chi connectivity index (χ2v) is 10.6. The van der Waals surface area contributed by atoms with Crippen molar-refractivity contribution in [1.29, 1.82) is 0 Å². The van der Waals surface area contributed by atoms with Crippen LogP contribution in [0.25, 0.3) is 16.7 Å². The van der Waals surface area contributed by atoms with Crippen LogP contribution in [0, 0.1) is 12.8 Å². The summed E-state index contributed by atoms with van der Waals surface area (Å²) >= 11 is 6.13. The minimum absolute atomic E-state index is 0.0148. The lowest BCUT2D eigenvalue weighted by Gasteiger charge is -2.10. The van der Waals surface area contributed by atoms with E-state index in [1.54, 1.807) is 0 Å². The second-order valence-electron chi connectivity index (χ2n) is 8.28. The van der Waals surface area contributed by atoms with Crippen molar-refractivity contribution in [2.75, 3.05) is 5.75 Å². The molecule has 1 amide bonds. The normalized spacial score (nSPS) is 18.5. The van der Waals surface area contributed by atoms with E-state index >= 15 is 0 Å². The van der Waals surface area contributed by atoms with Crippen molar-refractivity contribution >= 4 is 38.4 Å². The van der Waals surface area contributed by atoms with Gasteiger partial charge in [-0.15, -0.1) is 0 Å². The maximum Gasteiger partial charge on any atom is 0.237 e. The van der Waals surface area contributed by atoms with Crippen molar-refractivity contribution < 1.29 is 13.2 Å². The maximum atomic E-state index is 12.7. The number of carbonyl (C=O) groups excluding carboxylic acids is 1. The summed E-state index contributed by atoms with van der Waals surface area (Å²) in [5, 5.41) is 6.28. The van der Waals surface area contributed by atoms with E-state index in [-0.39, 0.29) is 17.6 Å². The molecule has 0 bridgehead atoms. The number of hydrogen-bond acceptors (Lipinski definition) is 4. The molecular weight excluding hydrogens is 436 g/mol. The van der Waals surface area contributed by atoms with E-state index in [2.05, 4.69) is 14.4 Å².